The third-order valence-corrected chi connectivity index (χ3v) is 5.38. The molecule has 0 radical (unpaired) electrons. The van der Waals surface area contributed by atoms with Crippen molar-refractivity contribution in [2.45, 2.75) is 18.9 Å². The Kier molecular flexibility index (Phi) is 5.21. The number of methoxy groups -OCH3 is 1. The number of aryl methyl sites for hydroxylation is 1. The predicted molar refractivity (Wildman–Crippen MR) is 116 cm³/mol. The molecule has 0 bridgehead atoms. The van der Waals surface area contributed by atoms with Gasteiger partial charge in [-0.3, -0.25) is 4.79 Å². The van der Waals surface area contributed by atoms with E-state index in [0.29, 0.717) is 5.69 Å². The van der Waals surface area contributed by atoms with Gasteiger partial charge in [-0.2, -0.15) is 0 Å². The van der Waals surface area contributed by atoms with Gasteiger partial charge in [-0.15, -0.1) is 0 Å². The molecule has 1 aliphatic carbocycles. The first-order chi connectivity index (χ1) is 14.1. The number of carbonyl (C=O) groups is 1. The van der Waals surface area contributed by atoms with Crippen LogP contribution in [0.25, 0.3) is 11.3 Å². The molecule has 1 aromatic heterocycles. The van der Waals surface area contributed by atoms with Crippen LogP contribution in [0.3, 0.4) is 0 Å². The molecule has 2 aromatic carbocycles. The molecule has 1 unspecified atom stereocenters. The van der Waals surface area contributed by atoms with Gasteiger partial charge in [0.25, 0.3) is 5.91 Å². The maximum atomic E-state index is 12.9. The third-order valence-electron chi connectivity index (χ3n) is 5.38. The number of amides is 1. The highest BCUT2D eigenvalue weighted by Gasteiger charge is 2.24. The smallest absolute Gasteiger partial charge is 0.270 e. The number of fused-ring (bicyclic) bond motifs is 1. The zero-order valence-electron chi connectivity index (χ0n) is 17.0. The normalized spacial score (nSPS) is 14.9. The van der Waals surface area contributed by atoms with Gasteiger partial charge in [-0.1, -0.05) is 30.3 Å². The lowest BCUT2D eigenvalue weighted by Crippen LogP contribution is -2.27. The van der Waals surface area contributed by atoms with Crippen LogP contribution in [0.15, 0.2) is 60.7 Å². The maximum Gasteiger partial charge on any atom is 0.270 e. The van der Waals surface area contributed by atoms with Gasteiger partial charge in [0, 0.05) is 19.7 Å². The molecule has 1 aliphatic rings. The van der Waals surface area contributed by atoms with Crippen LogP contribution in [0, 0.1) is 0 Å². The van der Waals surface area contributed by atoms with Gasteiger partial charge >= 0.3 is 0 Å². The van der Waals surface area contributed by atoms with Crippen molar-refractivity contribution < 1.29 is 9.53 Å². The topological polar surface area (TPSA) is 54.5 Å². The fourth-order valence-electron chi connectivity index (χ4n) is 3.86. The highest BCUT2D eigenvalue weighted by Crippen LogP contribution is 2.32. The van der Waals surface area contributed by atoms with Crippen LogP contribution >= 0.6 is 0 Å². The van der Waals surface area contributed by atoms with Gasteiger partial charge in [0.2, 0.25) is 0 Å². The Morgan fingerprint density at radius 2 is 1.93 bits per heavy atom. The Bertz CT molecular complexity index is 1050. The van der Waals surface area contributed by atoms with E-state index in [-0.39, 0.29) is 11.9 Å². The molecule has 0 fully saturated rings. The molecular weight excluding hydrogens is 362 g/mol. The molecule has 5 nitrogen and oxygen atoms in total. The Labute approximate surface area is 171 Å². The number of pyridine rings is 1. The molecule has 4 rings (SSSR count). The zero-order chi connectivity index (χ0) is 20.4. The lowest BCUT2D eigenvalue weighted by atomic mass is 10.1. The molecule has 0 saturated heterocycles. The minimum absolute atomic E-state index is 0.0467. The van der Waals surface area contributed by atoms with Crippen LogP contribution in [-0.4, -0.2) is 32.1 Å². The Morgan fingerprint density at radius 1 is 1.10 bits per heavy atom. The van der Waals surface area contributed by atoms with E-state index < -0.39 is 0 Å². The standard InChI is InChI=1S/C24H25N3O2/c1-27(2)22-15-17(12-14-23(22)29-3)19-9-6-10-21(25-19)24(28)26-20-13-11-16-7-4-5-8-18(16)20/h4-10,12,14-15,20H,11,13H2,1-3H3,(H,26,28). The fourth-order valence-corrected chi connectivity index (χ4v) is 3.86. The van der Waals surface area contributed by atoms with E-state index in [9.17, 15) is 4.79 Å². The number of anilines is 1. The summed E-state index contributed by atoms with van der Waals surface area (Å²) in [7, 11) is 5.60. The summed E-state index contributed by atoms with van der Waals surface area (Å²) < 4.78 is 5.44. The van der Waals surface area contributed by atoms with Crippen molar-refractivity contribution in [1.82, 2.24) is 10.3 Å². The molecule has 0 aliphatic heterocycles. The number of carbonyl (C=O) groups excluding carboxylic acids is 1. The summed E-state index contributed by atoms with van der Waals surface area (Å²) in [5.41, 5.74) is 5.61. The van der Waals surface area contributed by atoms with Gasteiger partial charge in [0.05, 0.1) is 24.5 Å². The summed E-state index contributed by atoms with van der Waals surface area (Å²) in [6.45, 7) is 0. The molecule has 1 atom stereocenters. The quantitative estimate of drug-likeness (QED) is 0.711. The summed E-state index contributed by atoms with van der Waals surface area (Å²) in [4.78, 5) is 19.5. The number of hydrogen-bond donors (Lipinski definition) is 1. The number of rotatable bonds is 5. The van der Waals surface area contributed by atoms with Crippen LogP contribution in [-0.2, 0) is 6.42 Å². The monoisotopic (exact) mass is 387 g/mol. The number of aromatic nitrogens is 1. The molecule has 1 heterocycles. The first-order valence-corrected chi connectivity index (χ1v) is 9.78. The number of nitrogens with zero attached hydrogens (tertiary/aromatic N) is 2. The van der Waals surface area contributed by atoms with Gasteiger partial charge in [-0.05, 0) is 54.3 Å². The van der Waals surface area contributed by atoms with Crippen molar-refractivity contribution in [1.29, 1.82) is 0 Å². The molecule has 3 aromatic rings. The molecular formula is C24H25N3O2. The molecule has 0 spiro atoms. The van der Waals surface area contributed by atoms with Gasteiger partial charge in [-0.25, -0.2) is 4.98 Å². The van der Waals surface area contributed by atoms with Crippen molar-refractivity contribution in [3.05, 3.63) is 77.5 Å². The lowest BCUT2D eigenvalue weighted by Gasteiger charge is -2.18. The first-order valence-electron chi connectivity index (χ1n) is 9.78. The number of ether oxygens (including phenoxy) is 1. The second-order valence-corrected chi connectivity index (χ2v) is 7.45. The van der Waals surface area contributed by atoms with E-state index in [1.165, 1.54) is 11.1 Å². The minimum Gasteiger partial charge on any atom is -0.495 e. The molecule has 1 amide bonds. The molecule has 0 saturated carbocycles. The Morgan fingerprint density at radius 3 is 2.72 bits per heavy atom. The van der Waals surface area contributed by atoms with Crippen molar-refractivity contribution in [2.75, 3.05) is 26.1 Å². The summed E-state index contributed by atoms with van der Waals surface area (Å²) in [5, 5.41) is 3.15. The Hall–Kier alpha value is -3.34. The summed E-state index contributed by atoms with van der Waals surface area (Å²) in [5.74, 6) is 0.655. The van der Waals surface area contributed by atoms with Gasteiger partial charge in [0.1, 0.15) is 11.4 Å². The van der Waals surface area contributed by atoms with E-state index in [0.717, 1.165) is 35.5 Å². The number of nitrogens with one attached hydrogen (secondary N) is 1. The summed E-state index contributed by atoms with van der Waals surface area (Å²) in [6.07, 6.45) is 1.92. The second kappa shape index (κ2) is 7.95. The van der Waals surface area contributed by atoms with Crippen molar-refractivity contribution in [2.24, 2.45) is 0 Å². The van der Waals surface area contributed by atoms with Crippen molar-refractivity contribution in [3.63, 3.8) is 0 Å². The SMILES string of the molecule is COc1ccc(-c2cccc(C(=O)NC3CCc4ccccc43)n2)cc1N(C)C. The average Bonchev–Trinajstić information content (AvgIpc) is 3.16. The van der Waals surface area contributed by atoms with Crippen molar-refractivity contribution >= 4 is 11.6 Å². The van der Waals surface area contributed by atoms with Crippen LogP contribution in [0.5, 0.6) is 5.75 Å². The number of hydrogen-bond acceptors (Lipinski definition) is 4. The van der Waals surface area contributed by atoms with Crippen LogP contribution in [0.2, 0.25) is 0 Å². The minimum atomic E-state index is -0.144. The van der Waals surface area contributed by atoms with E-state index in [2.05, 4.69) is 22.4 Å². The van der Waals surface area contributed by atoms with Gasteiger partial charge in [0.15, 0.2) is 0 Å². The fraction of sp³-hybridized carbons (Fsp3) is 0.250. The second-order valence-electron chi connectivity index (χ2n) is 7.45. The zero-order valence-corrected chi connectivity index (χ0v) is 17.0. The molecule has 29 heavy (non-hydrogen) atoms. The summed E-state index contributed by atoms with van der Waals surface area (Å²) >= 11 is 0. The van der Waals surface area contributed by atoms with E-state index >= 15 is 0 Å². The maximum absolute atomic E-state index is 12.9. The van der Waals surface area contributed by atoms with Crippen LogP contribution in [0.4, 0.5) is 5.69 Å². The highest BCUT2D eigenvalue weighted by atomic mass is 16.5. The molecule has 148 valence electrons. The van der Waals surface area contributed by atoms with Crippen molar-refractivity contribution in [3.8, 4) is 17.0 Å². The average molecular weight is 387 g/mol. The third kappa shape index (κ3) is 3.81. The molecule has 5 heteroatoms. The van der Waals surface area contributed by atoms with E-state index in [1.54, 1.807) is 13.2 Å². The first kappa shape index (κ1) is 19.0. The van der Waals surface area contributed by atoms with E-state index in [1.807, 2.05) is 61.5 Å². The largest absolute Gasteiger partial charge is 0.495 e. The van der Waals surface area contributed by atoms with Crippen LogP contribution < -0.4 is 15.0 Å². The van der Waals surface area contributed by atoms with E-state index in [4.69, 9.17) is 4.74 Å². The molecule has 1 N–H and O–H groups in total. The predicted octanol–water partition coefficient (Wildman–Crippen LogP) is 4.24. The lowest BCUT2D eigenvalue weighted by molar-refractivity contribution is 0.0932. The highest BCUT2D eigenvalue weighted by molar-refractivity contribution is 5.93. The number of benzene rings is 2. The summed E-state index contributed by atoms with van der Waals surface area (Å²) in [6, 6.07) is 19.8. The Balaban J connectivity index is 1.58. The van der Waals surface area contributed by atoms with Gasteiger partial charge < -0.3 is 15.0 Å². The van der Waals surface area contributed by atoms with Crippen LogP contribution in [0.1, 0.15) is 34.1 Å².